The first-order chi connectivity index (χ1) is 8.79. The lowest BCUT2D eigenvalue weighted by atomic mass is 10.1. The van der Waals surface area contributed by atoms with Gasteiger partial charge < -0.3 is 9.72 Å². The van der Waals surface area contributed by atoms with Crippen LogP contribution in [0.15, 0.2) is 41.8 Å². The summed E-state index contributed by atoms with van der Waals surface area (Å²) in [7, 11) is 0. The highest BCUT2D eigenvalue weighted by Gasteiger charge is 2.07. The Balaban J connectivity index is 1.92. The first-order valence-corrected chi connectivity index (χ1v) is 6.66. The first-order valence-electron chi connectivity index (χ1n) is 5.68. The lowest BCUT2D eigenvalue weighted by Crippen LogP contribution is -2.02. The van der Waals surface area contributed by atoms with E-state index in [0.29, 0.717) is 17.9 Å². The second-order valence-corrected chi connectivity index (χ2v) is 4.53. The van der Waals surface area contributed by atoms with E-state index in [9.17, 15) is 4.79 Å². The predicted molar refractivity (Wildman–Crippen MR) is 71.3 cm³/mol. The minimum absolute atomic E-state index is 0.0828. The van der Waals surface area contributed by atoms with Crippen LogP contribution in [0.25, 0.3) is 0 Å². The van der Waals surface area contributed by atoms with Crippen LogP contribution in [0.2, 0.25) is 0 Å². The number of carbonyl (C=O) groups is 1. The second-order valence-electron chi connectivity index (χ2n) is 3.56. The van der Waals surface area contributed by atoms with Crippen molar-refractivity contribution in [2.45, 2.75) is 12.1 Å². The average molecular weight is 262 g/mol. The third-order valence-electron chi connectivity index (χ3n) is 2.30. The fourth-order valence-electron chi connectivity index (χ4n) is 1.45. The molecule has 0 fully saturated rings. The fraction of sp³-hybridized carbons (Fsp3) is 0.231. The zero-order valence-corrected chi connectivity index (χ0v) is 10.9. The number of imidazole rings is 1. The standard InChI is InChI=1S/C13H14N2O2S/c1-2-17-11-5-3-10(4-6-11)12(16)9-18-13-14-7-8-15-13/h3-8H,2,9H2,1H3,(H,14,15). The molecule has 0 aliphatic heterocycles. The lowest BCUT2D eigenvalue weighted by molar-refractivity contribution is 0.102. The Bertz CT molecular complexity index is 494. The Hall–Kier alpha value is -1.75. The van der Waals surface area contributed by atoms with Crippen molar-refractivity contribution in [3.63, 3.8) is 0 Å². The zero-order valence-electron chi connectivity index (χ0n) is 10.1. The van der Waals surface area contributed by atoms with E-state index < -0.39 is 0 Å². The summed E-state index contributed by atoms with van der Waals surface area (Å²) >= 11 is 1.40. The highest BCUT2D eigenvalue weighted by Crippen LogP contribution is 2.16. The van der Waals surface area contributed by atoms with Crippen LogP contribution in [0, 0.1) is 0 Å². The minimum atomic E-state index is 0.0828. The third-order valence-corrected chi connectivity index (χ3v) is 3.20. The van der Waals surface area contributed by atoms with Crippen LogP contribution >= 0.6 is 11.8 Å². The molecule has 2 rings (SSSR count). The highest BCUT2D eigenvalue weighted by atomic mass is 32.2. The SMILES string of the molecule is CCOc1ccc(C(=O)CSc2ncc[nH]2)cc1. The number of hydrogen-bond acceptors (Lipinski definition) is 4. The fourth-order valence-corrected chi connectivity index (χ4v) is 2.17. The van der Waals surface area contributed by atoms with Crippen molar-refractivity contribution in [1.82, 2.24) is 9.97 Å². The van der Waals surface area contributed by atoms with Gasteiger partial charge in [0.25, 0.3) is 0 Å². The largest absolute Gasteiger partial charge is 0.494 e. The van der Waals surface area contributed by atoms with Gasteiger partial charge in [-0.15, -0.1) is 0 Å². The summed E-state index contributed by atoms with van der Waals surface area (Å²) in [6.45, 7) is 2.56. The molecule has 1 aromatic carbocycles. The van der Waals surface area contributed by atoms with Gasteiger partial charge in [-0.3, -0.25) is 4.79 Å². The number of rotatable bonds is 6. The normalized spacial score (nSPS) is 10.3. The van der Waals surface area contributed by atoms with Crippen molar-refractivity contribution in [3.05, 3.63) is 42.2 Å². The van der Waals surface area contributed by atoms with Gasteiger partial charge in [0.2, 0.25) is 0 Å². The summed E-state index contributed by atoms with van der Waals surface area (Å²) in [6.07, 6.45) is 3.41. The number of Topliss-reactive ketones (excluding diaryl/α,β-unsaturated/α-hetero) is 1. The highest BCUT2D eigenvalue weighted by molar-refractivity contribution is 7.99. The van der Waals surface area contributed by atoms with Gasteiger partial charge in [0.15, 0.2) is 10.9 Å². The van der Waals surface area contributed by atoms with Crippen molar-refractivity contribution in [2.75, 3.05) is 12.4 Å². The van der Waals surface area contributed by atoms with E-state index in [1.165, 1.54) is 11.8 Å². The molecule has 0 amide bonds. The third kappa shape index (κ3) is 3.37. The van der Waals surface area contributed by atoms with Gasteiger partial charge in [-0.25, -0.2) is 4.98 Å². The van der Waals surface area contributed by atoms with Crippen molar-refractivity contribution in [1.29, 1.82) is 0 Å². The number of carbonyl (C=O) groups excluding carboxylic acids is 1. The second kappa shape index (κ2) is 6.26. The molecule has 0 spiro atoms. The van der Waals surface area contributed by atoms with Crippen LogP contribution in [0.1, 0.15) is 17.3 Å². The van der Waals surface area contributed by atoms with Gasteiger partial charge in [0, 0.05) is 18.0 Å². The van der Waals surface area contributed by atoms with Crippen LogP contribution < -0.4 is 4.74 Å². The number of thioether (sulfide) groups is 1. The molecule has 0 radical (unpaired) electrons. The van der Waals surface area contributed by atoms with Gasteiger partial charge in [-0.05, 0) is 31.2 Å². The topological polar surface area (TPSA) is 55.0 Å². The average Bonchev–Trinajstić information content (AvgIpc) is 2.90. The number of nitrogens with one attached hydrogen (secondary N) is 1. The van der Waals surface area contributed by atoms with E-state index in [2.05, 4.69) is 9.97 Å². The summed E-state index contributed by atoms with van der Waals surface area (Å²) in [5.74, 6) is 1.24. The number of H-pyrrole nitrogens is 1. The van der Waals surface area contributed by atoms with Gasteiger partial charge in [0.1, 0.15) is 5.75 Å². The predicted octanol–water partition coefficient (Wildman–Crippen LogP) is 2.78. The molecule has 0 aliphatic rings. The molecule has 2 aromatic rings. The van der Waals surface area contributed by atoms with E-state index >= 15 is 0 Å². The van der Waals surface area contributed by atoms with E-state index in [1.807, 2.05) is 19.1 Å². The van der Waals surface area contributed by atoms with Crippen molar-refractivity contribution < 1.29 is 9.53 Å². The van der Waals surface area contributed by atoms with Crippen LogP contribution in [-0.2, 0) is 0 Å². The molecular weight excluding hydrogens is 248 g/mol. The van der Waals surface area contributed by atoms with E-state index in [0.717, 1.165) is 10.9 Å². The summed E-state index contributed by atoms with van der Waals surface area (Å²) in [4.78, 5) is 18.9. The van der Waals surface area contributed by atoms with Crippen molar-refractivity contribution >= 4 is 17.5 Å². The summed E-state index contributed by atoms with van der Waals surface area (Å²) in [5.41, 5.74) is 0.692. The number of nitrogens with zero attached hydrogens (tertiary/aromatic N) is 1. The zero-order chi connectivity index (χ0) is 12.8. The van der Waals surface area contributed by atoms with E-state index in [-0.39, 0.29) is 5.78 Å². The quantitative estimate of drug-likeness (QED) is 0.642. The molecule has 0 aliphatic carbocycles. The van der Waals surface area contributed by atoms with Crippen LogP contribution in [-0.4, -0.2) is 28.1 Å². The maximum absolute atomic E-state index is 11.9. The Morgan fingerprint density at radius 3 is 2.78 bits per heavy atom. The van der Waals surface area contributed by atoms with Crippen molar-refractivity contribution in [2.24, 2.45) is 0 Å². The molecule has 18 heavy (non-hydrogen) atoms. The van der Waals surface area contributed by atoms with Crippen LogP contribution in [0.5, 0.6) is 5.75 Å². The van der Waals surface area contributed by atoms with Crippen LogP contribution in [0.3, 0.4) is 0 Å². The molecule has 0 unspecified atom stereocenters. The number of hydrogen-bond donors (Lipinski definition) is 1. The van der Waals surface area contributed by atoms with Gasteiger partial charge >= 0.3 is 0 Å². The first kappa shape index (κ1) is 12.7. The molecule has 0 saturated heterocycles. The molecule has 1 N–H and O–H groups in total. The maximum atomic E-state index is 11.9. The van der Waals surface area contributed by atoms with E-state index in [4.69, 9.17) is 4.74 Å². The molecule has 5 heteroatoms. The molecule has 0 bridgehead atoms. The Morgan fingerprint density at radius 1 is 1.39 bits per heavy atom. The summed E-state index contributed by atoms with van der Waals surface area (Å²) in [5, 5.41) is 0.759. The summed E-state index contributed by atoms with van der Waals surface area (Å²) < 4.78 is 5.33. The lowest BCUT2D eigenvalue weighted by Gasteiger charge is -2.04. The number of aromatic amines is 1. The molecule has 0 saturated carbocycles. The van der Waals surface area contributed by atoms with Gasteiger partial charge in [-0.1, -0.05) is 11.8 Å². The maximum Gasteiger partial charge on any atom is 0.173 e. The van der Waals surface area contributed by atoms with Crippen LogP contribution in [0.4, 0.5) is 0 Å². The van der Waals surface area contributed by atoms with Gasteiger partial charge in [0.05, 0.1) is 12.4 Å². The molecule has 1 aromatic heterocycles. The molecule has 0 atom stereocenters. The Labute approximate surface area is 110 Å². The van der Waals surface area contributed by atoms with Gasteiger partial charge in [-0.2, -0.15) is 0 Å². The number of aromatic nitrogens is 2. The minimum Gasteiger partial charge on any atom is -0.494 e. The molecular formula is C13H14N2O2S. The molecule has 94 valence electrons. The molecule has 1 heterocycles. The number of ether oxygens (including phenoxy) is 1. The Kier molecular flexibility index (Phi) is 4.41. The molecule has 4 nitrogen and oxygen atoms in total. The van der Waals surface area contributed by atoms with Crippen molar-refractivity contribution in [3.8, 4) is 5.75 Å². The number of benzene rings is 1. The summed E-state index contributed by atoms with van der Waals surface area (Å²) in [6, 6.07) is 7.20. The Morgan fingerprint density at radius 2 is 2.17 bits per heavy atom. The smallest absolute Gasteiger partial charge is 0.173 e. The number of ketones is 1. The van der Waals surface area contributed by atoms with E-state index in [1.54, 1.807) is 24.5 Å². The monoisotopic (exact) mass is 262 g/mol.